The molecule has 5 heteroatoms. The molecule has 0 radical (unpaired) electrons. The highest BCUT2D eigenvalue weighted by Crippen LogP contribution is 2.43. The molecule has 2 heterocycles. The SMILES string of the molecule is CC1(C)Cc2cccc(Oc3nc(CN)co3)c2O1. The Morgan fingerprint density at radius 3 is 3.00 bits per heavy atom. The average Bonchev–Trinajstić information content (AvgIpc) is 2.92. The van der Waals surface area contributed by atoms with Gasteiger partial charge in [-0.15, -0.1) is 0 Å². The second-order valence-corrected chi connectivity index (χ2v) is 5.19. The van der Waals surface area contributed by atoms with Gasteiger partial charge in [0.15, 0.2) is 11.5 Å². The fourth-order valence-electron chi connectivity index (χ4n) is 2.19. The van der Waals surface area contributed by atoms with E-state index in [2.05, 4.69) is 18.8 Å². The van der Waals surface area contributed by atoms with Crippen molar-refractivity contribution in [1.82, 2.24) is 4.98 Å². The third-order valence-electron chi connectivity index (χ3n) is 2.99. The van der Waals surface area contributed by atoms with Crippen molar-refractivity contribution >= 4 is 0 Å². The molecule has 1 aliphatic rings. The van der Waals surface area contributed by atoms with Crippen LogP contribution in [0.25, 0.3) is 0 Å². The highest BCUT2D eigenvalue weighted by molar-refractivity contribution is 5.50. The highest BCUT2D eigenvalue weighted by Gasteiger charge is 2.32. The zero-order valence-corrected chi connectivity index (χ0v) is 11.0. The van der Waals surface area contributed by atoms with Crippen LogP contribution >= 0.6 is 0 Å². The maximum absolute atomic E-state index is 5.91. The topological polar surface area (TPSA) is 70.5 Å². The number of nitrogens with two attached hydrogens (primary N) is 1. The van der Waals surface area contributed by atoms with E-state index in [1.807, 2.05) is 18.2 Å². The van der Waals surface area contributed by atoms with Gasteiger partial charge < -0.3 is 19.6 Å². The van der Waals surface area contributed by atoms with Gasteiger partial charge in [-0.25, -0.2) is 0 Å². The van der Waals surface area contributed by atoms with Crippen molar-refractivity contribution in [3.05, 3.63) is 35.7 Å². The van der Waals surface area contributed by atoms with Crippen LogP contribution in [-0.4, -0.2) is 10.6 Å². The minimum Gasteiger partial charge on any atom is -0.483 e. The Kier molecular flexibility index (Phi) is 2.71. The summed E-state index contributed by atoms with van der Waals surface area (Å²) in [5.41, 5.74) is 7.06. The zero-order chi connectivity index (χ0) is 13.5. The minimum absolute atomic E-state index is 0.183. The summed E-state index contributed by atoms with van der Waals surface area (Å²) >= 11 is 0. The molecule has 2 aromatic rings. The van der Waals surface area contributed by atoms with Crippen LogP contribution in [0.15, 0.2) is 28.9 Å². The minimum atomic E-state index is -0.208. The van der Waals surface area contributed by atoms with Crippen LogP contribution in [0.1, 0.15) is 25.1 Å². The summed E-state index contributed by atoms with van der Waals surface area (Å²) < 4.78 is 16.8. The first-order valence-corrected chi connectivity index (χ1v) is 6.21. The molecule has 0 amide bonds. The van der Waals surface area contributed by atoms with Crippen LogP contribution in [0.2, 0.25) is 0 Å². The van der Waals surface area contributed by atoms with Crippen molar-refractivity contribution in [1.29, 1.82) is 0 Å². The molecule has 0 unspecified atom stereocenters. The van der Waals surface area contributed by atoms with Gasteiger partial charge in [0.2, 0.25) is 0 Å². The smallest absolute Gasteiger partial charge is 0.399 e. The van der Waals surface area contributed by atoms with E-state index in [1.54, 1.807) is 0 Å². The number of ether oxygens (including phenoxy) is 2. The molecule has 1 aromatic carbocycles. The third kappa shape index (κ3) is 2.29. The maximum Gasteiger partial charge on any atom is 0.399 e. The molecular weight excluding hydrogens is 244 g/mol. The highest BCUT2D eigenvalue weighted by atomic mass is 16.6. The van der Waals surface area contributed by atoms with Crippen LogP contribution in [0.5, 0.6) is 17.6 Å². The van der Waals surface area contributed by atoms with Crippen LogP contribution in [0, 0.1) is 0 Å². The molecule has 0 atom stereocenters. The molecule has 0 saturated carbocycles. The standard InChI is InChI=1S/C14H16N2O3/c1-14(2)6-9-4-3-5-11(12(9)19-14)18-13-16-10(7-15)8-17-13/h3-5,8H,6-7,15H2,1-2H3. The second kappa shape index (κ2) is 4.28. The largest absolute Gasteiger partial charge is 0.483 e. The number of aromatic nitrogens is 1. The molecule has 100 valence electrons. The third-order valence-corrected chi connectivity index (χ3v) is 2.99. The van der Waals surface area contributed by atoms with E-state index in [0.29, 0.717) is 18.0 Å². The molecule has 5 nitrogen and oxygen atoms in total. The molecule has 0 aliphatic carbocycles. The summed E-state index contributed by atoms with van der Waals surface area (Å²) in [6, 6.07) is 5.82. The Labute approximate surface area is 111 Å². The molecular formula is C14H16N2O3. The zero-order valence-electron chi connectivity index (χ0n) is 11.0. The summed E-state index contributed by atoms with van der Waals surface area (Å²) in [6.07, 6.45) is 2.53. The number of nitrogens with zero attached hydrogens (tertiary/aromatic N) is 1. The molecule has 0 saturated heterocycles. The number of rotatable bonds is 3. The van der Waals surface area contributed by atoms with Gasteiger partial charge in [-0.2, -0.15) is 4.98 Å². The number of para-hydroxylation sites is 1. The average molecular weight is 260 g/mol. The second-order valence-electron chi connectivity index (χ2n) is 5.19. The first-order chi connectivity index (χ1) is 9.07. The molecule has 2 N–H and O–H groups in total. The lowest BCUT2D eigenvalue weighted by molar-refractivity contribution is 0.133. The number of fused-ring (bicyclic) bond motifs is 1. The number of oxazole rings is 1. The van der Waals surface area contributed by atoms with Crippen LogP contribution in [0.3, 0.4) is 0 Å². The number of benzene rings is 1. The number of hydrogen-bond acceptors (Lipinski definition) is 5. The summed E-state index contributed by atoms with van der Waals surface area (Å²) in [5.74, 6) is 1.38. The van der Waals surface area contributed by atoms with E-state index in [1.165, 1.54) is 6.26 Å². The molecule has 3 rings (SSSR count). The summed E-state index contributed by atoms with van der Waals surface area (Å²) in [6.45, 7) is 4.42. The van der Waals surface area contributed by atoms with Gasteiger partial charge in [0.05, 0.1) is 5.69 Å². The van der Waals surface area contributed by atoms with Crippen molar-refractivity contribution in [3.63, 3.8) is 0 Å². The maximum atomic E-state index is 5.91. The van der Waals surface area contributed by atoms with Crippen molar-refractivity contribution in [3.8, 4) is 17.6 Å². The van der Waals surface area contributed by atoms with Crippen molar-refractivity contribution in [2.45, 2.75) is 32.4 Å². The van der Waals surface area contributed by atoms with Gasteiger partial charge in [-0.05, 0) is 19.9 Å². The van der Waals surface area contributed by atoms with Crippen molar-refractivity contribution in [2.75, 3.05) is 0 Å². The molecule has 1 aromatic heterocycles. The quantitative estimate of drug-likeness (QED) is 0.918. The summed E-state index contributed by atoms with van der Waals surface area (Å²) in [4.78, 5) is 4.12. The summed E-state index contributed by atoms with van der Waals surface area (Å²) in [5, 5.41) is 0. The lowest BCUT2D eigenvalue weighted by Crippen LogP contribution is -2.24. The van der Waals surface area contributed by atoms with Crippen LogP contribution in [-0.2, 0) is 13.0 Å². The fraction of sp³-hybridized carbons (Fsp3) is 0.357. The lowest BCUT2D eigenvalue weighted by Gasteiger charge is -2.17. The van der Waals surface area contributed by atoms with E-state index < -0.39 is 0 Å². The predicted molar refractivity (Wildman–Crippen MR) is 69.3 cm³/mol. The van der Waals surface area contributed by atoms with Crippen molar-refractivity contribution in [2.24, 2.45) is 5.73 Å². The van der Waals surface area contributed by atoms with Crippen LogP contribution in [0.4, 0.5) is 0 Å². The summed E-state index contributed by atoms with van der Waals surface area (Å²) in [7, 11) is 0. The molecule has 0 spiro atoms. The predicted octanol–water partition coefficient (Wildman–Crippen LogP) is 2.64. The Balaban J connectivity index is 1.89. The Bertz CT molecular complexity index is 604. The first kappa shape index (κ1) is 12.0. The fourth-order valence-corrected chi connectivity index (χ4v) is 2.19. The van der Waals surface area contributed by atoms with E-state index in [0.717, 1.165) is 17.7 Å². The van der Waals surface area contributed by atoms with Crippen molar-refractivity contribution < 1.29 is 13.9 Å². The van der Waals surface area contributed by atoms with E-state index in [-0.39, 0.29) is 11.7 Å². The van der Waals surface area contributed by atoms with E-state index >= 15 is 0 Å². The van der Waals surface area contributed by atoms with E-state index in [4.69, 9.17) is 19.6 Å². The van der Waals surface area contributed by atoms with E-state index in [9.17, 15) is 0 Å². The normalized spacial score (nSPS) is 15.9. The lowest BCUT2D eigenvalue weighted by atomic mass is 10.0. The Morgan fingerprint density at radius 1 is 1.42 bits per heavy atom. The molecule has 0 bridgehead atoms. The Hall–Kier alpha value is -2.01. The van der Waals surface area contributed by atoms with Crippen LogP contribution < -0.4 is 15.2 Å². The number of hydrogen-bond donors (Lipinski definition) is 1. The van der Waals surface area contributed by atoms with Gasteiger partial charge in [0, 0.05) is 18.5 Å². The van der Waals surface area contributed by atoms with Gasteiger partial charge in [0.1, 0.15) is 11.9 Å². The van der Waals surface area contributed by atoms with Gasteiger partial charge in [0.25, 0.3) is 0 Å². The molecule has 19 heavy (non-hydrogen) atoms. The monoisotopic (exact) mass is 260 g/mol. The van der Waals surface area contributed by atoms with Gasteiger partial charge >= 0.3 is 6.08 Å². The first-order valence-electron chi connectivity index (χ1n) is 6.21. The molecule has 1 aliphatic heterocycles. The van der Waals surface area contributed by atoms with Gasteiger partial charge in [-0.1, -0.05) is 12.1 Å². The Morgan fingerprint density at radius 2 is 2.26 bits per heavy atom. The van der Waals surface area contributed by atoms with Gasteiger partial charge in [-0.3, -0.25) is 0 Å². The molecule has 0 fully saturated rings.